The Balaban J connectivity index is 2.55. The fourth-order valence-corrected chi connectivity index (χ4v) is 1.98. The van der Waals surface area contributed by atoms with E-state index in [2.05, 4.69) is 15.4 Å². The fraction of sp³-hybridized carbons (Fsp3) is 0.231. The van der Waals surface area contributed by atoms with Crippen LogP contribution in [0.4, 0.5) is 5.82 Å². The van der Waals surface area contributed by atoms with Crippen LogP contribution in [0, 0.1) is 6.92 Å². The number of benzene rings is 1. The van der Waals surface area contributed by atoms with E-state index in [0.29, 0.717) is 16.7 Å². The summed E-state index contributed by atoms with van der Waals surface area (Å²) in [5.41, 5.74) is 5.52. The van der Waals surface area contributed by atoms with Crippen LogP contribution in [0.1, 0.15) is 18.2 Å². The molecule has 0 amide bonds. The predicted octanol–water partition coefficient (Wildman–Crippen LogP) is 2.95. The summed E-state index contributed by atoms with van der Waals surface area (Å²) in [7, 11) is 0. The molecular formula is C13H15ClN4. The van der Waals surface area contributed by atoms with Gasteiger partial charge in [0.2, 0.25) is 0 Å². The van der Waals surface area contributed by atoms with Crippen LogP contribution in [-0.2, 0) is 6.42 Å². The van der Waals surface area contributed by atoms with Crippen molar-refractivity contribution in [3.8, 4) is 11.4 Å². The summed E-state index contributed by atoms with van der Waals surface area (Å²) < 4.78 is 0. The topological polar surface area (TPSA) is 63.8 Å². The van der Waals surface area contributed by atoms with Crippen molar-refractivity contribution in [3.05, 3.63) is 40.5 Å². The van der Waals surface area contributed by atoms with Crippen molar-refractivity contribution in [2.75, 3.05) is 5.43 Å². The highest BCUT2D eigenvalue weighted by Crippen LogP contribution is 2.24. The summed E-state index contributed by atoms with van der Waals surface area (Å²) >= 11 is 5.95. The zero-order chi connectivity index (χ0) is 13.1. The Bertz CT molecular complexity index is 547. The Morgan fingerprint density at radius 2 is 2.06 bits per heavy atom. The first-order valence-electron chi connectivity index (χ1n) is 5.75. The maximum atomic E-state index is 5.95. The molecule has 0 spiro atoms. The van der Waals surface area contributed by atoms with Gasteiger partial charge in [0.15, 0.2) is 5.82 Å². The molecule has 94 valence electrons. The molecule has 5 heteroatoms. The van der Waals surface area contributed by atoms with Crippen molar-refractivity contribution < 1.29 is 0 Å². The molecule has 1 aromatic carbocycles. The Labute approximate surface area is 111 Å². The highest BCUT2D eigenvalue weighted by atomic mass is 35.5. The third-order valence-electron chi connectivity index (χ3n) is 2.72. The van der Waals surface area contributed by atoms with Crippen LogP contribution in [-0.4, -0.2) is 9.97 Å². The number of hydrazine groups is 1. The summed E-state index contributed by atoms with van der Waals surface area (Å²) in [5, 5.41) is 0.708. The number of aromatic nitrogens is 2. The van der Waals surface area contributed by atoms with E-state index in [9.17, 15) is 0 Å². The second kappa shape index (κ2) is 5.33. The van der Waals surface area contributed by atoms with Gasteiger partial charge in [-0.3, -0.25) is 0 Å². The lowest BCUT2D eigenvalue weighted by molar-refractivity contribution is 1.00. The van der Waals surface area contributed by atoms with Crippen LogP contribution in [0.3, 0.4) is 0 Å². The van der Waals surface area contributed by atoms with Crippen LogP contribution in [0.2, 0.25) is 5.02 Å². The first-order valence-corrected chi connectivity index (χ1v) is 6.13. The second-order valence-electron chi connectivity index (χ2n) is 4.03. The normalized spacial score (nSPS) is 10.4. The molecule has 0 aliphatic rings. The average molecular weight is 263 g/mol. The third-order valence-corrected chi connectivity index (χ3v) is 2.95. The number of hydrogen-bond acceptors (Lipinski definition) is 4. The van der Waals surface area contributed by atoms with Crippen LogP contribution in [0.5, 0.6) is 0 Å². The lowest BCUT2D eigenvalue weighted by Crippen LogP contribution is -2.10. The van der Waals surface area contributed by atoms with Crippen LogP contribution >= 0.6 is 11.6 Å². The molecule has 2 aromatic rings. The van der Waals surface area contributed by atoms with Gasteiger partial charge in [-0.25, -0.2) is 15.8 Å². The minimum Gasteiger partial charge on any atom is -0.308 e. The number of rotatable bonds is 3. The summed E-state index contributed by atoms with van der Waals surface area (Å²) in [4.78, 5) is 8.88. The molecule has 0 saturated heterocycles. The summed E-state index contributed by atoms with van der Waals surface area (Å²) in [6.45, 7) is 4.03. The maximum Gasteiger partial charge on any atom is 0.162 e. The molecule has 0 bridgehead atoms. The molecule has 0 fully saturated rings. The Hall–Kier alpha value is -1.65. The van der Waals surface area contributed by atoms with Crippen LogP contribution in [0.15, 0.2) is 24.3 Å². The minimum absolute atomic E-state index is 0.617. The average Bonchev–Trinajstić information content (AvgIpc) is 2.38. The van der Waals surface area contributed by atoms with Gasteiger partial charge in [0, 0.05) is 22.3 Å². The van der Waals surface area contributed by atoms with Gasteiger partial charge in [0.1, 0.15) is 5.82 Å². The van der Waals surface area contributed by atoms with E-state index in [1.54, 1.807) is 0 Å². The number of hydrogen-bond donors (Lipinski definition) is 2. The fourth-order valence-electron chi connectivity index (χ4n) is 1.75. The van der Waals surface area contributed by atoms with E-state index in [4.69, 9.17) is 17.4 Å². The summed E-state index contributed by atoms with van der Waals surface area (Å²) in [5.74, 6) is 6.70. The van der Waals surface area contributed by atoms with Crippen molar-refractivity contribution in [1.82, 2.24) is 9.97 Å². The minimum atomic E-state index is 0.617. The quantitative estimate of drug-likeness (QED) is 0.659. The SMILES string of the molecule is CCc1cc(NN)nc(-c2ccc(Cl)cc2C)n1. The van der Waals surface area contributed by atoms with Crippen molar-refractivity contribution in [2.45, 2.75) is 20.3 Å². The molecule has 3 N–H and O–H groups in total. The molecule has 18 heavy (non-hydrogen) atoms. The molecule has 0 radical (unpaired) electrons. The van der Waals surface area contributed by atoms with Crippen molar-refractivity contribution in [1.29, 1.82) is 0 Å². The Morgan fingerprint density at radius 3 is 2.67 bits per heavy atom. The van der Waals surface area contributed by atoms with Gasteiger partial charge >= 0.3 is 0 Å². The number of nitrogens with one attached hydrogen (secondary N) is 1. The Kier molecular flexibility index (Phi) is 3.79. The molecule has 1 heterocycles. The smallest absolute Gasteiger partial charge is 0.162 e. The highest BCUT2D eigenvalue weighted by molar-refractivity contribution is 6.30. The largest absolute Gasteiger partial charge is 0.308 e. The molecular weight excluding hydrogens is 248 g/mol. The van der Waals surface area contributed by atoms with Crippen molar-refractivity contribution in [3.63, 3.8) is 0 Å². The van der Waals surface area contributed by atoms with E-state index in [0.717, 1.165) is 23.2 Å². The molecule has 1 aromatic heterocycles. The van der Waals surface area contributed by atoms with E-state index < -0.39 is 0 Å². The number of halogens is 1. The van der Waals surface area contributed by atoms with Gasteiger partial charge in [-0.15, -0.1) is 0 Å². The van der Waals surface area contributed by atoms with E-state index in [1.807, 2.05) is 38.1 Å². The molecule has 4 nitrogen and oxygen atoms in total. The molecule has 0 atom stereocenters. The maximum absolute atomic E-state index is 5.95. The molecule has 0 unspecified atom stereocenters. The first-order chi connectivity index (χ1) is 8.63. The van der Waals surface area contributed by atoms with Crippen LogP contribution < -0.4 is 11.3 Å². The summed E-state index contributed by atoms with van der Waals surface area (Å²) in [6.07, 6.45) is 0.830. The lowest BCUT2D eigenvalue weighted by Gasteiger charge is -2.09. The number of nitrogen functional groups attached to an aromatic ring is 1. The number of nitrogens with two attached hydrogens (primary N) is 1. The third kappa shape index (κ3) is 2.60. The lowest BCUT2D eigenvalue weighted by atomic mass is 10.1. The Morgan fingerprint density at radius 1 is 1.28 bits per heavy atom. The number of aryl methyl sites for hydroxylation is 2. The van der Waals surface area contributed by atoms with Gasteiger partial charge in [-0.1, -0.05) is 18.5 Å². The van der Waals surface area contributed by atoms with Gasteiger partial charge in [-0.05, 0) is 37.1 Å². The molecule has 2 rings (SSSR count). The zero-order valence-electron chi connectivity index (χ0n) is 10.4. The molecule has 0 aliphatic heterocycles. The van der Waals surface area contributed by atoms with Gasteiger partial charge in [-0.2, -0.15) is 0 Å². The monoisotopic (exact) mass is 262 g/mol. The zero-order valence-corrected chi connectivity index (χ0v) is 11.1. The second-order valence-corrected chi connectivity index (χ2v) is 4.46. The highest BCUT2D eigenvalue weighted by Gasteiger charge is 2.08. The van der Waals surface area contributed by atoms with Crippen molar-refractivity contribution in [2.24, 2.45) is 5.84 Å². The molecule has 0 aliphatic carbocycles. The van der Waals surface area contributed by atoms with E-state index in [-0.39, 0.29) is 0 Å². The van der Waals surface area contributed by atoms with Gasteiger partial charge in [0.05, 0.1) is 0 Å². The predicted molar refractivity (Wildman–Crippen MR) is 74.4 cm³/mol. The standard InChI is InChI=1S/C13H15ClN4/c1-3-10-7-12(18-15)17-13(16-10)11-5-4-9(14)6-8(11)2/h4-7H,3,15H2,1-2H3,(H,16,17,18). The van der Waals surface area contributed by atoms with E-state index in [1.165, 1.54) is 0 Å². The molecule has 0 saturated carbocycles. The van der Waals surface area contributed by atoms with Gasteiger partial charge < -0.3 is 5.43 Å². The number of nitrogens with zero attached hydrogens (tertiary/aromatic N) is 2. The van der Waals surface area contributed by atoms with Crippen molar-refractivity contribution >= 4 is 17.4 Å². The van der Waals surface area contributed by atoms with Crippen LogP contribution in [0.25, 0.3) is 11.4 Å². The van der Waals surface area contributed by atoms with Gasteiger partial charge in [0.25, 0.3) is 0 Å². The summed E-state index contributed by atoms with van der Waals surface area (Å²) in [6, 6.07) is 7.50. The van der Waals surface area contributed by atoms with E-state index >= 15 is 0 Å². The first kappa shape index (κ1) is 12.8. The number of anilines is 1.